The third kappa shape index (κ3) is 2.05. The van der Waals surface area contributed by atoms with Gasteiger partial charge in [-0.25, -0.2) is 8.78 Å². The highest BCUT2D eigenvalue weighted by Gasteiger charge is 2.14. The highest BCUT2D eigenvalue weighted by Crippen LogP contribution is 2.28. The van der Waals surface area contributed by atoms with E-state index in [0.29, 0.717) is 12.6 Å². The maximum Gasteiger partial charge on any atom is 0.150 e. The molecule has 2 aromatic carbocycles. The molecule has 0 atom stereocenters. The van der Waals surface area contributed by atoms with Gasteiger partial charge in [-0.15, -0.1) is 0 Å². The van der Waals surface area contributed by atoms with Crippen molar-refractivity contribution in [2.45, 2.75) is 0 Å². The van der Waals surface area contributed by atoms with E-state index in [1.165, 1.54) is 24.3 Å². The molecule has 0 heterocycles. The molecule has 2 nitrogen and oxygen atoms in total. The Hall–Kier alpha value is -2.36. The second-order valence-corrected chi connectivity index (χ2v) is 3.68. The molecular weight excluding hydrogens is 238 g/mol. The molecule has 0 aliphatic carbocycles. The van der Waals surface area contributed by atoms with Crippen LogP contribution in [-0.4, -0.2) is 12.6 Å². The minimum absolute atomic E-state index is 0.0409. The van der Waals surface area contributed by atoms with E-state index < -0.39 is 11.6 Å². The molecule has 0 aromatic heterocycles. The summed E-state index contributed by atoms with van der Waals surface area (Å²) >= 11 is 0. The Labute approximate surface area is 102 Å². The molecule has 0 saturated heterocycles. The molecule has 4 heteroatoms. The molecule has 0 fully saturated rings. The van der Waals surface area contributed by atoms with E-state index in [0.717, 1.165) is 12.1 Å². The zero-order valence-electron chi connectivity index (χ0n) is 9.19. The van der Waals surface area contributed by atoms with E-state index in [-0.39, 0.29) is 22.3 Å². The zero-order valence-corrected chi connectivity index (χ0v) is 9.19. The van der Waals surface area contributed by atoms with Crippen molar-refractivity contribution in [2.24, 2.45) is 0 Å². The van der Waals surface area contributed by atoms with E-state index in [2.05, 4.69) is 0 Å². The summed E-state index contributed by atoms with van der Waals surface area (Å²) in [6.45, 7) is 0. The Morgan fingerprint density at radius 1 is 0.889 bits per heavy atom. The fraction of sp³-hybridized carbons (Fsp3) is 0. The Bertz CT molecular complexity index is 621. The highest BCUT2D eigenvalue weighted by atomic mass is 19.1. The molecule has 0 radical (unpaired) electrons. The van der Waals surface area contributed by atoms with Crippen LogP contribution in [0.15, 0.2) is 36.4 Å². The van der Waals surface area contributed by atoms with Crippen LogP contribution in [0.4, 0.5) is 8.78 Å². The molecule has 0 saturated carbocycles. The summed E-state index contributed by atoms with van der Waals surface area (Å²) in [5, 5.41) is 0. The van der Waals surface area contributed by atoms with Crippen LogP contribution in [0.25, 0.3) is 11.1 Å². The smallest absolute Gasteiger partial charge is 0.150 e. The van der Waals surface area contributed by atoms with Gasteiger partial charge in [-0.3, -0.25) is 9.59 Å². The van der Waals surface area contributed by atoms with E-state index in [4.69, 9.17) is 0 Å². The fourth-order valence-electron chi connectivity index (χ4n) is 1.73. The molecule has 0 spiro atoms. The SMILES string of the molecule is O=Cc1ccc(-c2c(F)cccc2C=O)c(F)c1. The Kier molecular flexibility index (Phi) is 3.28. The van der Waals surface area contributed by atoms with Crippen molar-refractivity contribution in [1.82, 2.24) is 0 Å². The summed E-state index contributed by atoms with van der Waals surface area (Å²) in [6.07, 6.45) is 0.959. The van der Waals surface area contributed by atoms with Gasteiger partial charge >= 0.3 is 0 Å². The molecule has 2 rings (SSSR count). The lowest BCUT2D eigenvalue weighted by molar-refractivity contribution is 0.111. The molecule has 0 N–H and O–H groups in total. The molecule has 0 aliphatic heterocycles. The van der Waals surface area contributed by atoms with Crippen molar-refractivity contribution < 1.29 is 18.4 Å². The van der Waals surface area contributed by atoms with Crippen LogP contribution in [0.2, 0.25) is 0 Å². The van der Waals surface area contributed by atoms with Crippen LogP contribution in [0.5, 0.6) is 0 Å². The van der Waals surface area contributed by atoms with Gasteiger partial charge in [0.15, 0.2) is 6.29 Å². The van der Waals surface area contributed by atoms with E-state index in [9.17, 15) is 18.4 Å². The number of benzene rings is 2. The fourth-order valence-corrected chi connectivity index (χ4v) is 1.73. The van der Waals surface area contributed by atoms with E-state index in [1.54, 1.807) is 0 Å². The van der Waals surface area contributed by atoms with Gasteiger partial charge in [0.2, 0.25) is 0 Å². The lowest BCUT2D eigenvalue weighted by Crippen LogP contribution is -1.95. The predicted octanol–water partition coefficient (Wildman–Crippen LogP) is 3.26. The molecule has 90 valence electrons. The Morgan fingerprint density at radius 3 is 2.28 bits per heavy atom. The van der Waals surface area contributed by atoms with Crippen molar-refractivity contribution in [3.8, 4) is 11.1 Å². The molecule has 0 aliphatic rings. The summed E-state index contributed by atoms with van der Waals surface area (Å²) < 4.78 is 27.5. The van der Waals surface area contributed by atoms with Gasteiger partial charge in [0.05, 0.1) is 0 Å². The Balaban J connectivity index is 2.69. The van der Waals surface area contributed by atoms with Crippen LogP contribution < -0.4 is 0 Å². The van der Waals surface area contributed by atoms with Crippen LogP contribution in [0.3, 0.4) is 0 Å². The first kappa shape index (κ1) is 12.1. The third-order valence-electron chi connectivity index (χ3n) is 2.57. The summed E-state index contributed by atoms with van der Waals surface area (Å²) in [5.74, 6) is -1.43. The number of hydrogen-bond acceptors (Lipinski definition) is 2. The quantitative estimate of drug-likeness (QED) is 0.779. The molecule has 18 heavy (non-hydrogen) atoms. The summed E-state index contributed by atoms with van der Waals surface area (Å²) in [7, 11) is 0. The van der Waals surface area contributed by atoms with Crippen molar-refractivity contribution in [3.05, 3.63) is 59.2 Å². The topological polar surface area (TPSA) is 34.1 Å². The number of halogens is 2. The average molecular weight is 246 g/mol. The first-order valence-electron chi connectivity index (χ1n) is 5.16. The normalized spacial score (nSPS) is 10.1. The van der Waals surface area contributed by atoms with Gasteiger partial charge in [-0.2, -0.15) is 0 Å². The maximum atomic E-state index is 13.8. The van der Waals surface area contributed by atoms with Crippen LogP contribution in [0, 0.1) is 11.6 Å². The second-order valence-electron chi connectivity index (χ2n) is 3.68. The minimum Gasteiger partial charge on any atom is -0.298 e. The van der Waals surface area contributed by atoms with E-state index in [1.807, 2.05) is 0 Å². The number of aldehydes is 2. The molecule has 0 amide bonds. The van der Waals surface area contributed by atoms with Gasteiger partial charge in [0.25, 0.3) is 0 Å². The minimum atomic E-state index is -0.743. The van der Waals surface area contributed by atoms with Crippen molar-refractivity contribution >= 4 is 12.6 Å². The lowest BCUT2D eigenvalue weighted by Gasteiger charge is -2.08. The number of carbonyl (C=O) groups excluding carboxylic acids is 2. The number of carbonyl (C=O) groups is 2. The second kappa shape index (κ2) is 4.87. The summed E-state index contributed by atoms with van der Waals surface area (Å²) in [6, 6.07) is 7.58. The van der Waals surface area contributed by atoms with Crippen molar-refractivity contribution in [1.29, 1.82) is 0 Å². The third-order valence-corrected chi connectivity index (χ3v) is 2.57. The van der Waals surface area contributed by atoms with Gasteiger partial charge in [0.1, 0.15) is 17.9 Å². The van der Waals surface area contributed by atoms with Gasteiger partial charge in [-0.05, 0) is 12.1 Å². The zero-order chi connectivity index (χ0) is 13.1. The van der Waals surface area contributed by atoms with Crippen LogP contribution in [0.1, 0.15) is 20.7 Å². The van der Waals surface area contributed by atoms with Gasteiger partial charge < -0.3 is 0 Å². The highest BCUT2D eigenvalue weighted by molar-refractivity contribution is 5.88. The number of rotatable bonds is 3. The van der Waals surface area contributed by atoms with Crippen LogP contribution in [-0.2, 0) is 0 Å². The monoisotopic (exact) mass is 246 g/mol. The molecular formula is C14H8F2O2. The largest absolute Gasteiger partial charge is 0.298 e. The predicted molar refractivity (Wildman–Crippen MR) is 62.6 cm³/mol. The van der Waals surface area contributed by atoms with E-state index >= 15 is 0 Å². The van der Waals surface area contributed by atoms with Crippen molar-refractivity contribution in [2.75, 3.05) is 0 Å². The average Bonchev–Trinajstić information content (AvgIpc) is 2.39. The van der Waals surface area contributed by atoms with Crippen molar-refractivity contribution in [3.63, 3.8) is 0 Å². The van der Waals surface area contributed by atoms with Gasteiger partial charge in [-0.1, -0.05) is 24.3 Å². The van der Waals surface area contributed by atoms with Crippen LogP contribution >= 0.6 is 0 Å². The standard InChI is InChI=1S/C14H8F2O2/c15-12-3-1-2-10(8-18)14(12)11-5-4-9(7-17)6-13(11)16/h1-8H. The molecule has 2 aromatic rings. The van der Waals surface area contributed by atoms with Gasteiger partial charge in [0, 0.05) is 22.3 Å². The molecule has 0 unspecified atom stereocenters. The Morgan fingerprint density at radius 2 is 1.67 bits per heavy atom. The lowest BCUT2D eigenvalue weighted by atomic mass is 9.98. The summed E-state index contributed by atoms with van der Waals surface area (Å²) in [5.41, 5.74) is 0.0799. The summed E-state index contributed by atoms with van der Waals surface area (Å²) in [4.78, 5) is 21.3. The first-order valence-corrected chi connectivity index (χ1v) is 5.16. The first-order chi connectivity index (χ1) is 8.67. The molecule has 0 bridgehead atoms. The number of hydrogen-bond donors (Lipinski definition) is 0. The maximum absolute atomic E-state index is 13.8.